The van der Waals surface area contributed by atoms with Gasteiger partial charge in [0.05, 0.1) is 16.0 Å². The molecule has 3 rings (SSSR count). The zero-order chi connectivity index (χ0) is 18.5. The lowest BCUT2D eigenvalue weighted by Gasteiger charge is -1.96. The van der Waals surface area contributed by atoms with Crippen molar-refractivity contribution >= 4 is 40.8 Å². The molecule has 0 spiro atoms. The summed E-state index contributed by atoms with van der Waals surface area (Å²) >= 11 is 1.03. The number of nitrogens with one attached hydrogen (secondary N) is 1. The topological polar surface area (TPSA) is 97.0 Å². The molecule has 130 valence electrons. The minimum atomic E-state index is -0.504. The number of hydrogen-bond donors (Lipinski definition) is 1. The van der Waals surface area contributed by atoms with Gasteiger partial charge in [-0.15, -0.1) is 5.10 Å². The SMILES string of the molecule is O=C1N/C(=N\N=C\c2cccc([N+](=O)[O-])c2)S/C1=C\c1ccccc1F. The Morgan fingerprint density at radius 3 is 2.77 bits per heavy atom. The van der Waals surface area contributed by atoms with Crippen molar-refractivity contribution in [3.05, 3.63) is 80.5 Å². The van der Waals surface area contributed by atoms with Crippen LogP contribution in [0.3, 0.4) is 0 Å². The van der Waals surface area contributed by atoms with Crippen LogP contribution in [0.5, 0.6) is 0 Å². The number of nitrogens with zero attached hydrogens (tertiary/aromatic N) is 3. The van der Waals surface area contributed by atoms with Crippen LogP contribution in [0.15, 0.2) is 63.6 Å². The van der Waals surface area contributed by atoms with E-state index in [1.807, 2.05) is 0 Å². The van der Waals surface area contributed by atoms with Gasteiger partial charge >= 0.3 is 0 Å². The highest BCUT2D eigenvalue weighted by molar-refractivity contribution is 8.18. The average molecular weight is 370 g/mol. The molecule has 26 heavy (non-hydrogen) atoms. The van der Waals surface area contributed by atoms with E-state index >= 15 is 0 Å². The number of carbonyl (C=O) groups excluding carboxylic acids is 1. The maximum Gasteiger partial charge on any atom is 0.270 e. The van der Waals surface area contributed by atoms with Gasteiger partial charge in [-0.1, -0.05) is 30.3 Å². The van der Waals surface area contributed by atoms with Crippen LogP contribution in [0.1, 0.15) is 11.1 Å². The van der Waals surface area contributed by atoms with E-state index in [-0.39, 0.29) is 10.9 Å². The Bertz CT molecular complexity index is 972. The Hall–Kier alpha value is -3.33. The number of hydrogen-bond acceptors (Lipinski definition) is 6. The van der Waals surface area contributed by atoms with E-state index in [0.29, 0.717) is 16.0 Å². The molecule has 0 bridgehead atoms. The van der Waals surface area contributed by atoms with Crippen LogP contribution in [-0.4, -0.2) is 22.2 Å². The first-order valence-corrected chi connectivity index (χ1v) is 8.15. The number of amidine groups is 1. The van der Waals surface area contributed by atoms with E-state index in [1.165, 1.54) is 36.6 Å². The fourth-order valence-electron chi connectivity index (χ4n) is 2.08. The molecule has 1 N–H and O–H groups in total. The van der Waals surface area contributed by atoms with Gasteiger partial charge in [-0.2, -0.15) is 5.10 Å². The highest BCUT2D eigenvalue weighted by atomic mass is 32.2. The normalized spacial score (nSPS) is 17.2. The number of carbonyl (C=O) groups is 1. The first-order valence-electron chi connectivity index (χ1n) is 7.34. The molecule has 7 nitrogen and oxygen atoms in total. The summed E-state index contributed by atoms with van der Waals surface area (Å²) in [4.78, 5) is 22.4. The van der Waals surface area contributed by atoms with Gasteiger partial charge < -0.3 is 0 Å². The molecule has 0 radical (unpaired) electrons. The maximum absolute atomic E-state index is 13.7. The lowest BCUT2D eigenvalue weighted by Crippen LogP contribution is -2.19. The van der Waals surface area contributed by atoms with Crippen LogP contribution in [0.2, 0.25) is 0 Å². The molecule has 0 atom stereocenters. The zero-order valence-electron chi connectivity index (χ0n) is 13.1. The third kappa shape index (κ3) is 4.19. The number of nitro groups is 1. The summed E-state index contributed by atoms with van der Waals surface area (Å²) in [6.07, 6.45) is 2.77. The highest BCUT2D eigenvalue weighted by Gasteiger charge is 2.24. The van der Waals surface area contributed by atoms with Gasteiger partial charge in [0.1, 0.15) is 5.82 Å². The fraction of sp³-hybridized carbons (Fsp3) is 0. The third-order valence-corrected chi connectivity index (χ3v) is 4.18. The van der Waals surface area contributed by atoms with Crippen molar-refractivity contribution < 1.29 is 14.1 Å². The van der Waals surface area contributed by atoms with Gasteiger partial charge in [0.25, 0.3) is 11.6 Å². The fourth-order valence-corrected chi connectivity index (χ4v) is 2.84. The summed E-state index contributed by atoms with van der Waals surface area (Å²) in [5, 5.41) is 21.2. The molecule has 0 aromatic heterocycles. The van der Waals surface area contributed by atoms with Crippen molar-refractivity contribution in [2.24, 2.45) is 10.2 Å². The molecule has 0 unspecified atom stereocenters. The van der Waals surface area contributed by atoms with Crippen molar-refractivity contribution in [1.82, 2.24) is 5.32 Å². The number of non-ortho nitro benzene ring substituents is 1. The molecule has 1 aliphatic rings. The van der Waals surface area contributed by atoms with E-state index in [4.69, 9.17) is 0 Å². The summed E-state index contributed by atoms with van der Waals surface area (Å²) < 4.78 is 13.7. The second kappa shape index (κ2) is 7.70. The summed E-state index contributed by atoms with van der Waals surface area (Å²) in [6.45, 7) is 0. The first-order chi connectivity index (χ1) is 12.5. The number of rotatable bonds is 4. The van der Waals surface area contributed by atoms with Crippen LogP contribution in [0, 0.1) is 15.9 Å². The van der Waals surface area contributed by atoms with Crippen LogP contribution < -0.4 is 5.32 Å². The van der Waals surface area contributed by atoms with Crippen molar-refractivity contribution in [3.8, 4) is 0 Å². The zero-order valence-corrected chi connectivity index (χ0v) is 13.9. The Morgan fingerprint density at radius 2 is 2.00 bits per heavy atom. The van der Waals surface area contributed by atoms with Crippen molar-refractivity contribution in [2.75, 3.05) is 0 Å². The average Bonchev–Trinajstić information content (AvgIpc) is 2.97. The highest BCUT2D eigenvalue weighted by Crippen LogP contribution is 2.26. The second-order valence-corrected chi connectivity index (χ2v) is 6.12. The van der Waals surface area contributed by atoms with Gasteiger partial charge in [-0.25, -0.2) is 4.39 Å². The van der Waals surface area contributed by atoms with E-state index in [1.54, 1.807) is 24.3 Å². The summed E-state index contributed by atoms with van der Waals surface area (Å²) in [6, 6.07) is 12.0. The first kappa shape index (κ1) is 17.5. The van der Waals surface area contributed by atoms with Gasteiger partial charge in [0, 0.05) is 23.3 Å². The van der Waals surface area contributed by atoms with Gasteiger partial charge in [-0.3, -0.25) is 20.2 Å². The molecule has 1 amide bonds. The number of halogens is 1. The van der Waals surface area contributed by atoms with E-state index < -0.39 is 16.6 Å². The minimum Gasteiger partial charge on any atom is -0.299 e. The minimum absolute atomic E-state index is 0.0553. The van der Waals surface area contributed by atoms with Gasteiger partial charge in [-0.05, 0) is 23.9 Å². The van der Waals surface area contributed by atoms with Crippen LogP contribution in [0.25, 0.3) is 6.08 Å². The number of nitro benzene ring substituents is 1. The lowest BCUT2D eigenvalue weighted by molar-refractivity contribution is -0.384. The number of amides is 1. The Morgan fingerprint density at radius 1 is 1.19 bits per heavy atom. The third-order valence-electron chi connectivity index (χ3n) is 3.28. The summed E-state index contributed by atoms with van der Waals surface area (Å²) in [5.74, 6) is -0.829. The molecule has 2 aromatic carbocycles. The van der Waals surface area contributed by atoms with Gasteiger partial charge in [0.15, 0.2) is 5.17 Å². The molecule has 1 saturated heterocycles. The molecular weight excluding hydrogens is 359 g/mol. The molecule has 1 fully saturated rings. The predicted octanol–water partition coefficient (Wildman–Crippen LogP) is 3.33. The monoisotopic (exact) mass is 370 g/mol. The predicted molar refractivity (Wildman–Crippen MR) is 98.2 cm³/mol. The van der Waals surface area contributed by atoms with Crippen LogP contribution in [0.4, 0.5) is 10.1 Å². The second-order valence-electron chi connectivity index (χ2n) is 5.09. The largest absolute Gasteiger partial charge is 0.299 e. The molecule has 0 aliphatic carbocycles. The standard InChI is InChI=1S/C17H11FN4O3S/c18-14-7-2-1-5-12(14)9-15-16(23)20-17(26-15)21-19-10-11-4-3-6-13(8-11)22(24)25/h1-10H,(H,20,21,23)/b15-9-,19-10+. The van der Waals surface area contributed by atoms with Crippen LogP contribution in [-0.2, 0) is 4.79 Å². The Labute approximate surface area is 151 Å². The molecule has 0 saturated carbocycles. The summed E-state index contributed by atoms with van der Waals surface area (Å²) in [5.41, 5.74) is 0.742. The number of benzene rings is 2. The molecule has 2 aromatic rings. The Kier molecular flexibility index (Phi) is 5.18. The van der Waals surface area contributed by atoms with Gasteiger partial charge in [0.2, 0.25) is 0 Å². The van der Waals surface area contributed by atoms with E-state index in [9.17, 15) is 19.3 Å². The molecule has 9 heteroatoms. The van der Waals surface area contributed by atoms with E-state index in [0.717, 1.165) is 11.8 Å². The molecular formula is C17H11FN4O3S. The van der Waals surface area contributed by atoms with E-state index in [2.05, 4.69) is 15.5 Å². The van der Waals surface area contributed by atoms with Crippen molar-refractivity contribution in [2.45, 2.75) is 0 Å². The molecule has 1 heterocycles. The number of thioether (sulfide) groups is 1. The summed E-state index contributed by atoms with van der Waals surface area (Å²) in [7, 11) is 0. The van der Waals surface area contributed by atoms with Crippen LogP contribution >= 0.6 is 11.8 Å². The van der Waals surface area contributed by atoms with Crippen molar-refractivity contribution in [1.29, 1.82) is 0 Å². The quantitative estimate of drug-likeness (QED) is 0.386. The maximum atomic E-state index is 13.7. The smallest absolute Gasteiger partial charge is 0.270 e. The lowest BCUT2D eigenvalue weighted by atomic mass is 10.2. The Balaban J connectivity index is 1.73. The molecule has 1 aliphatic heterocycles. The van der Waals surface area contributed by atoms with Crippen molar-refractivity contribution in [3.63, 3.8) is 0 Å².